The molecular weight excluding hydrogens is 524 g/mol. The van der Waals surface area contributed by atoms with Crippen molar-refractivity contribution < 1.29 is 14.4 Å². The average molecular weight is 543 g/mol. The number of Topliss-reactive ketones (excluding diaryl/α,β-unsaturated/α-hetero) is 2. The summed E-state index contributed by atoms with van der Waals surface area (Å²) in [5.41, 5.74) is 1.76. The molecule has 182 valence electrons. The molecule has 1 spiro atoms. The zero-order valence-corrected chi connectivity index (χ0v) is 21.6. The van der Waals surface area contributed by atoms with Gasteiger partial charge in [-0.1, -0.05) is 54.1 Å². The Morgan fingerprint density at radius 3 is 2.38 bits per heavy atom. The molecule has 4 unspecified atom stereocenters. The van der Waals surface area contributed by atoms with Gasteiger partial charge in [-0.2, -0.15) is 0 Å². The largest absolute Gasteiger partial charge is 0.352 e. The lowest BCUT2D eigenvalue weighted by molar-refractivity contribution is -0.121. The van der Waals surface area contributed by atoms with Gasteiger partial charge in [0, 0.05) is 16.4 Å². The molecule has 1 N–H and O–H groups in total. The van der Waals surface area contributed by atoms with Crippen LogP contribution in [0.3, 0.4) is 0 Å². The van der Waals surface area contributed by atoms with E-state index in [9.17, 15) is 14.4 Å². The molecule has 5 heterocycles. The lowest BCUT2D eigenvalue weighted by Crippen LogP contribution is -2.51. The second kappa shape index (κ2) is 8.25. The van der Waals surface area contributed by atoms with Crippen LogP contribution in [0.5, 0.6) is 0 Å². The molecule has 4 atom stereocenters. The molecule has 0 bridgehead atoms. The Kier molecular flexibility index (Phi) is 5.05. The first-order valence-electron chi connectivity index (χ1n) is 11.8. The van der Waals surface area contributed by atoms with Gasteiger partial charge in [0.15, 0.2) is 11.6 Å². The number of para-hydroxylation sites is 1. The minimum Gasteiger partial charge on any atom is -0.352 e. The lowest BCUT2D eigenvalue weighted by Gasteiger charge is -2.37. The Hall–Kier alpha value is -3.52. The molecule has 1 saturated heterocycles. The van der Waals surface area contributed by atoms with Gasteiger partial charge in [-0.25, -0.2) is 0 Å². The summed E-state index contributed by atoms with van der Waals surface area (Å²) in [4.78, 5) is 46.0. The summed E-state index contributed by atoms with van der Waals surface area (Å²) in [6, 6.07) is 18.8. The number of fused-ring (bicyclic) bond motifs is 6. The minimum atomic E-state index is -1.29. The van der Waals surface area contributed by atoms with Crippen LogP contribution in [0.4, 0.5) is 11.4 Å². The van der Waals surface area contributed by atoms with Gasteiger partial charge in [0.25, 0.3) is 0 Å². The number of nitrogens with zero attached hydrogens (tertiary/aromatic N) is 1. The van der Waals surface area contributed by atoms with Crippen molar-refractivity contribution in [2.75, 3.05) is 10.2 Å². The van der Waals surface area contributed by atoms with Gasteiger partial charge in [-0.3, -0.25) is 14.4 Å². The van der Waals surface area contributed by atoms with Crippen LogP contribution in [0.15, 0.2) is 83.6 Å². The van der Waals surface area contributed by atoms with Crippen LogP contribution in [-0.2, 0) is 10.2 Å². The molecule has 3 aliphatic heterocycles. The Morgan fingerprint density at radius 1 is 0.919 bits per heavy atom. The number of hydrogen-bond donors (Lipinski definition) is 1. The molecule has 1 fully saturated rings. The molecule has 2 aromatic carbocycles. The molecule has 4 aromatic rings. The maximum atomic E-state index is 14.4. The molecule has 0 radical (unpaired) electrons. The summed E-state index contributed by atoms with van der Waals surface area (Å²) < 4.78 is 0. The van der Waals surface area contributed by atoms with Crippen molar-refractivity contribution in [1.82, 2.24) is 0 Å². The van der Waals surface area contributed by atoms with Gasteiger partial charge in [-0.05, 0) is 58.3 Å². The monoisotopic (exact) mass is 542 g/mol. The molecule has 37 heavy (non-hydrogen) atoms. The molecule has 5 nitrogen and oxygen atoms in total. The third-order valence-electron chi connectivity index (χ3n) is 7.67. The molecule has 3 aliphatic rings. The van der Waals surface area contributed by atoms with E-state index in [2.05, 4.69) is 5.32 Å². The number of nitrogens with one attached hydrogen (secondary N) is 1. The number of thiophene rings is 2. The van der Waals surface area contributed by atoms with E-state index in [1.165, 1.54) is 22.7 Å². The Bertz CT molecular complexity index is 1610. The van der Waals surface area contributed by atoms with E-state index in [-0.39, 0.29) is 17.5 Å². The number of amides is 1. The van der Waals surface area contributed by atoms with Crippen molar-refractivity contribution in [3.63, 3.8) is 0 Å². The van der Waals surface area contributed by atoms with E-state index in [1.807, 2.05) is 76.3 Å². The number of hydrogen-bond acceptors (Lipinski definition) is 6. The van der Waals surface area contributed by atoms with Crippen LogP contribution in [0.2, 0.25) is 5.02 Å². The maximum Gasteiger partial charge on any atom is 0.238 e. The molecule has 2 aromatic heterocycles. The number of halogens is 1. The molecule has 7 rings (SSSR count). The third kappa shape index (κ3) is 3.05. The van der Waals surface area contributed by atoms with Gasteiger partial charge in [0.1, 0.15) is 11.5 Å². The van der Waals surface area contributed by atoms with Gasteiger partial charge < -0.3 is 10.2 Å². The molecule has 1 amide bonds. The molecular formula is C29H19ClN2O3S2. The highest BCUT2D eigenvalue weighted by Gasteiger charge is 2.70. The van der Waals surface area contributed by atoms with Crippen molar-refractivity contribution in [1.29, 1.82) is 0 Å². The third-order valence-corrected chi connectivity index (χ3v) is 9.68. The summed E-state index contributed by atoms with van der Waals surface area (Å²) in [5, 5.41) is 7.32. The Balaban J connectivity index is 1.55. The lowest BCUT2D eigenvalue weighted by atomic mass is 9.65. The fourth-order valence-electron chi connectivity index (χ4n) is 6.29. The smallest absolute Gasteiger partial charge is 0.238 e. The Labute approximate surface area is 226 Å². The van der Waals surface area contributed by atoms with Gasteiger partial charge >= 0.3 is 0 Å². The van der Waals surface area contributed by atoms with E-state index in [4.69, 9.17) is 11.6 Å². The standard InChI is InChI=1S/C29H19ClN2O3S2/c30-17-10-11-20-16(15-17)9-12-23-29(18-5-1-2-6-19(18)31-28(29)35)24(26(33)21-7-3-13-36-21)25(32(20)23)27(34)22-8-4-14-37-22/h1-15,23-25H,(H,31,35). The molecule has 8 heteroatoms. The first-order valence-corrected chi connectivity index (χ1v) is 14.0. The van der Waals surface area contributed by atoms with Gasteiger partial charge in [0.05, 0.1) is 21.7 Å². The number of carbonyl (C=O) groups is 3. The van der Waals surface area contributed by atoms with E-state index < -0.39 is 23.4 Å². The van der Waals surface area contributed by atoms with E-state index >= 15 is 0 Å². The van der Waals surface area contributed by atoms with Crippen molar-refractivity contribution in [2.45, 2.75) is 17.5 Å². The number of rotatable bonds is 4. The summed E-state index contributed by atoms with van der Waals surface area (Å²) in [6.45, 7) is 0. The van der Waals surface area contributed by atoms with Crippen LogP contribution >= 0.6 is 34.3 Å². The van der Waals surface area contributed by atoms with E-state index in [0.29, 0.717) is 20.5 Å². The Morgan fingerprint density at radius 2 is 1.65 bits per heavy atom. The second-order valence-electron chi connectivity index (χ2n) is 9.39. The van der Waals surface area contributed by atoms with Crippen LogP contribution in [0.1, 0.15) is 30.5 Å². The van der Waals surface area contributed by atoms with Crippen LogP contribution in [-0.4, -0.2) is 29.6 Å². The highest BCUT2D eigenvalue weighted by Crippen LogP contribution is 2.58. The summed E-state index contributed by atoms with van der Waals surface area (Å²) in [5.74, 6) is -1.57. The SMILES string of the molecule is O=C(c1cccs1)C1C(C(=O)c2cccs2)C2(C(=O)Nc3ccccc32)C2C=Cc3cc(Cl)ccc3N12. The molecule has 0 aliphatic carbocycles. The molecule has 0 saturated carbocycles. The van der Waals surface area contributed by atoms with Crippen LogP contribution in [0, 0.1) is 5.92 Å². The average Bonchev–Trinajstić information content (AvgIpc) is 3.70. The minimum absolute atomic E-state index is 0.167. The first-order chi connectivity index (χ1) is 18.0. The van der Waals surface area contributed by atoms with Crippen LogP contribution in [0.25, 0.3) is 6.08 Å². The number of benzene rings is 2. The van der Waals surface area contributed by atoms with Crippen molar-refractivity contribution in [3.8, 4) is 0 Å². The highest BCUT2D eigenvalue weighted by atomic mass is 35.5. The van der Waals surface area contributed by atoms with Crippen LogP contribution < -0.4 is 10.2 Å². The summed E-state index contributed by atoms with van der Waals surface area (Å²) in [6.07, 6.45) is 3.90. The summed E-state index contributed by atoms with van der Waals surface area (Å²) >= 11 is 9.00. The van der Waals surface area contributed by atoms with E-state index in [0.717, 1.165) is 16.8 Å². The predicted octanol–water partition coefficient (Wildman–Crippen LogP) is 6.32. The number of anilines is 2. The fourth-order valence-corrected chi connectivity index (χ4v) is 7.87. The fraction of sp³-hybridized carbons (Fsp3) is 0.138. The zero-order chi connectivity index (χ0) is 25.3. The quantitative estimate of drug-likeness (QED) is 0.306. The van der Waals surface area contributed by atoms with Crippen molar-refractivity contribution >= 4 is 69.2 Å². The summed E-state index contributed by atoms with van der Waals surface area (Å²) in [7, 11) is 0. The van der Waals surface area contributed by atoms with Gasteiger partial charge in [0.2, 0.25) is 5.91 Å². The van der Waals surface area contributed by atoms with Crippen molar-refractivity contribution in [3.05, 3.63) is 109 Å². The number of ketones is 2. The zero-order valence-electron chi connectivity index (χ0n) is 19.3. The predicted molar refractivity (Wildman–Crippen MR) is 148 cm³/mol. The highest BCUT2D eigenvalue weighted by molar-refractivity contribution is 7.12. The second-order valence-corrected chi connectivity index (χ2v) is 11.7. The maximum absolute atomic E-state index is 14.4. The normalized spacial score (nSPS) is 25.1. The topological polar surface area (TPSA) is 66.5 Å². The van der Waals surface area contributed by atoms with Gasteiger partial charge in [-0.15, -0.1) is 22.7 Å². The van der Waals surface area contributed by atoms with E-state index in [1.54, 1.807) is 18.2 Å². The first kappa shape index (κ1) is 22.7. The number of carbonyl (C=O) groups excluding carboxylic acids is 3. The van der Waals surface area contributed by atoms with Crippen molar-refractivity contribution in [2.24, 2.45) is 5.92 Å².